The lowest BCUT2D eigenvalue weighted by Gasteiger charge is -2.28. The molecule has 2 aromatic carbocycles. The number of carbonyl (C=O) groups is 2. The minimum atomic E-state index is -1.64. The van der Waals surface area contributed by atoms with E-state index in [-0.39, 0.29) is 29.5 Å². The Morgan fingerprint density at radius 1 is 1.38 bits per heavy atom. The van der Waals surface area contributed by atoms with Gasteiger partial charge < -0.3 is 19.7 Å². The van der Waals surface area contributed by atoms with E-state index >= 15 is 0 Å². The van der Waals surface area contributed by atoms with Crippen LogP contribution in [-0.4, -0.2) is 48.5 Å². The first-order valence-corrected chi connectivity index (χ1v) is 9.68. The van der Waals surface area contributed by atoms with Gasteiger partial charge in [-0.25, -0.2) is 0 Å². The molecule has 0 fully saturated rings. The number of hydrogen-bond acceptors (Lipinski definition) is 6. The van der Waals surface area contributed by atoms with Crippen LogP contribution in [0.15, 0.2) is 30.3 Å². The molecule has 2 aliphatic rings. The third kappa shape index (κ3) is 2.84. The quantitative estimate of drug-likeness (QED) is 0.724. The maximum Gasteiger partial charge on any atom is 0.326 e. The van der Waals surface area contributed by atoms with Crippen molar-refractivity contribution in [3.8, 4) is 11.5 Å². The summed E-state index contributed by atoms with van der Waals surface area (Å²) in [6.45, 7) is 1.38. The third-order valence-electron chi connectivity index (χ3n) is 5.42. The first kappa shape index (κ1) is 19.5. The number of benzene rings is 2. The Hall–Kier alpha value is -2.77. The molecule has 4 rings (SSSR count). The smallest absolute Gasteiger partial charge is 0.326 e. The van der Waals surface area contributed by atoms with Gasteiger partial charge in [0.2, 0.25) is 5.91 Å². The zero-order valence-electron chi connectivity index (χ0n) is 15.8. The van der Waals surface area contributed by atoms with E-state index in [1.54, 1.807) is 31.2 Å². The Labute approximate surface area is 172 Å². The number of aliphatic hydroxyl groups is 1. The Bertz CT molecular complexity index is 1010. The van der Waals surface area contributed by atoms with E-state index in [1.165, 1.54) is 11.0 Å². The van der Waals surface area contributed by atoms with E-state index < -0.39 is 23.9 Å². The average Bonchev–Trinajstić information content (AvgIpc) is 3.23. The number of aliphatic hydroxyl groups excluding tert-OH is 1. The molecule has 0 aliphatic carbocycles. The highest BCUT2D eigenvalue weighted by molar-refractivity contribution is 6.33. The number of anilines is 1. The highest BCUT2D eigenvalue weighted by Crippen LogP contribution is 2.52. The standard InChI is InChI=1S/C21H20ClNO6/c1-2-28-18(26)10-23-15-5-3-4-14(22)19(15)21(11-24,20(23)27)13-8-12-6-7-29-17(12)9-16(13)25/h3-5,8-9,24-25H,2,6-7,10-11H2,1H3. The number of ether oxygens (including phenoxy) is 2. The van der Waals surface area contributed by atoms with Gasteiger partial charge in [0.25, 0.3) is 0 Å². The van der Waals surface area contributed by atoms with Gasteiger partial charge in [-0.1, -0.05) is 17.7 Å². The van der Waals surface area contributed by atoms with E-state index in [1.807, 2.05) is 0 Å². The first-order valence-electron chi connectivity index (χ1n) is 9.30. The summed E-state index contributed by atoms with van der Waals surface area (Å²) < 4.78 is 10.5. The van der Waals surface area contributed by atoms with Crippen LogP contribution in [0.25, 0.3) is 0 Å². The zero-order valence-corrected chi connectivity index (χ0v) is 16.5. The van der Waals surface area contributed by atoms with Crippen LogP contribution < -0.4 is 9.64 Å². The van der Waals surface area contributed by atoms with Gasteiger partial charge in [0.15, 0.2) is 0 Å². The lowest BCUT2D eigenvalue weighted by atomic mass is 9.75. The molecular formula is C21H20ClNO6. The van der Waals surface area contributed by atoms with Crippen LogP contribution in [0.5, 0.6) is 11.5 Å². The maximum atomic E-state index is 13.6. The normalized spacial score (nSPS) is 19.7. The van der Waals surface area contributed by atoms with E-state index in [2.05, 4.69) is 0 Å². The van der Waals surface area contributed by atoms with Crippen molar-refractivity contribution in [1.29, 1.82) is 0 Å². The average molecular weight is 418 g/mol. The Balaban J connectivity index is 1.92. The number of hydrogen-bond donors (Lipinski definition) is 2. The fourth-order valence-corrected chi connectivity index (χ4v) is 4.47. The number of fused-ring (bicyclic) bond motifs is 2. The fraction of sp³-hybridized carbons (Fsp3) is 0.333. The van der Waals surface area contributed by atoms with Gasteiger partial charge in [0.05, 0.1) is 25.5 Å². The van der Waals surface area contributed by atoms with Crippen LogP contribution in [-0.2, 0) is 26.2 Å². The summed E-state index contributed by atoms with van der Waals surface area (Å²) >= 11 is 6.47. The van der Waals surface area contributed by atoms with Crippen molar-refractivity contribution in [3.63, 3.8) is 0 Å². The molecule has 29 heavy (non-hydrogen) atoms. The van der Waals surface area contributed by atoms with Crippen LogP contribution in [0, 0.1) is 0 Å². The van der Waals surface area contributed by atoms with Crippen molar-refractivity contribution in [1.82, 2.24) is 0 Å². The molecule has 0 radical (unpaired) electrons. The summed E-state index contributed by atoms with van der Waals surface area (Å²) in [7, 11) is 0. The molecule has 7 nitrogen and oxygen atoms in total. The van der Waals surface area contributed by atoms with Crippen molar-refractivity contribution in [2.24, 2.45) is 0 Å². The fourth-order valence-electron chi connectivity index (χ4n) is 4.14. The largest absolute Gasteiger partial charge is 0.507 e. The molecule has 2 aromatic rings. The molecule has 0 saturated heterocycles. The molecule has 2 N–H and O–H groups in total. The number of halogens is 1. The second kappa shape index (κ2) is 7.24. The summed E-state index contributed by atoms with van der Waals surface area (Å²) in [6.07, 6.45) is 0.625. The van der Waals surface area contributed by atoms with Gasteiger partial charge >= 0.3 is 5.97 Å². The number of phenolic OH excluding ortho intramolecular Hbond substituents is 1. The van der Waals surface area contributed by atoms with Crippen LogP contribution in [0.4, 0.5) is 5.69 Å². The summed E-state index contributed by atoms with van der Waals surface area (Å²) in [6, 6.07) is 8.05. The lowest BCUT2D eigenvalue weighted by molar-refractivity contribution is -0.142. The van der Waals surface area contributed by atoms with Crippen LogP contribution in [0.1, 0.15) is 23.6 Å². The zero-order chi connectivity index (χ0) is 20.8. The highest BCUT2D eigenvalue weighted by atomic mass is 35.5. The summed E-state index contributed by atoms with van der Waals surface area (Å²) in [4.78, 5) is 27.0. The summed E-state index contributed by atoms with van der Waals surface area (Å²) in [5.74, 6) is -0.762. The minimum Gasteiger partial charge on any atom is -0.507 e. The van der Waals surface area contributed by atoms with Crippen LogP contribution in [0.3, 0.4) is 0 Å². The molecule has 8 heteroatoms. The number of carbonyl (C=O) groups excluding carboxylic acids is 2. The van der Waals surface area contributed by atoms with E-state index in [0.717, 1.165) is 5.56 Å². The van der Waals surface area contributed by atoms with Gasteiger partial charge in [-0.15, -0.1) is 0 Å². The van der Waals surface area contributed by atoms with Gasteiger partial charge in [0, 0.05) is 28.6 Å². The van der Waals surface area contributed by atoms with E-state index in [4.69, 9.17) is 21.1 Å². The van der Waals surface area contributed by atoms with Crippen molar-refractivity contribution in [3.05, 3.63) is 52.0 Å². The lowest BCUT2D eigenvalue weighted by Crippen LogP contribution is -2.46. The molecule has 152 valence electrons. The second-order valence-electron chi connectivity index (χ2n) is 6.97. The predicted octanol–water partition coefficient (Wildman–Crippen LogP) is 2.17. The van der Waals surface area contributed by atoms with E-state index in [9.17, 15) is 19.8 Å². The number of phenols is 1. The molecule has 1 amide bonds. The second-order valence-corrected chi connectivity index (χ2v) is 7.38. The van der Waals surface area contributed by atoms with Crippen molar-refractivity contribution in [2.75, 3.05) is 31.3 Å². The monoisotopic (exact) mass is 417 g/mol. The SMILES string of the molecule is CCOC(=O)CN1C(=O)C(CO)(c2cc3c(cc2O)OCC3)c2c(Cl)cccc21. The molecule has 1 atom stereocenters. The Morgan fingerprint density at radius 3 is 2.90 bits per heavy atom. The summed E-state index contributed by atoms with van der Waals surface area (Å²) in [5, 5.41) is 21.5. The first-order chi connectivity index (χ1) is 13.9. The third-order valence-corrected chi connectivity index (χ3v) is 5.73. The molecule has 0 spiro atoms. The van der Waals surface area contributed by atoms with Gasteiger partial charge in [0.1, 0.15) is 23.5 Å². The molecule has 0 saturated carbocycles. The van der Waals surface area contributed by atoms with Gasteiger partial charge in [-0.3, -0.25) is 14.5 Å². The minimum absolute atomic E-state index is 0.181. The summed E-state index contributed by atoms with van der Waals surface area (Å²) in [5.41, 5.74) is 0.182. The molecule has 2 aliphatic heterocycles. The maximum absolute atomic E-state index is 13.6. The number of esters is 1. The Kier molecular flexibility index (Phi) is 4.88. The predicted molar refractivity (Wildman–Crippen MR) is 106 cm³/mol. The van der Waals surface area contributed by atoms with Gasteiger partial charge in [-0.2, -0.15) is 0 Å². The molecule has 0 aromatic heterocycles. The van der Waals surface area contributed by atoms with Crippen LogP contribution >= 0.6 is 11.6 Å². The number of amides is 1. The Morgan fingerprint density at radius 2 is 2.17 bits per heavy atom. The number of aromatic hydroxyl groups is 1. The van der Waals surface area contributed by atoms with Crippen molar-refractivity contribution >= 4 is 29.2 Å². The molecule has 2 heterocycles. The number of rotatable bonds is 5. The number of nitrogens with zero attached hydrogens (tertiary/aromatic N) is 1. The molecular weight excluding hydrogens is 398 g/mol. The molecule has 1 unspecified atom stereocenters. The topological polar surface area (TPSA) is 96.3 Å². The molecule has 0 bridgehead atoms. The van der Waals surface area contributed by atoms with E-state index in [0.29, 0.717) is 30.0 Å². The van der Waals surface area contributed by atoms with Gasteiger partial charge in [-0.05, 0) is 30.7 Å². The van der Waals surface area contributed by atoms with Crippen molar-refractivity contribution in [2.45, 2.75) is 18.8 Å². The van der Waals surface area contributed by atoms with Crippen molar-refractivity contribution < 1.29 is 29.3 Å². The van der Waals surface area contributed by atoms with Crippen LogP contribution in [0.2, 0.25) is 5.02 Å². The highest BCUT2D eigenvalue weighted by Gasteiger charge is 2.55.